The van der Waals surface area contributed by atoms with E-state index >= 15 is 0 Å². The Hall–Kier alpha value is -2.91. The normalized spacial score (nSPS) is 21.1. The summed E-state index contributed by atoms with van der Waals surface area (Å²) in [6.45, 7) is 0.550. The number of fused-ring (bicyclic) bond motifs is 1. The molecule has 1 saturated carbocycles. The van der Waals surface area contributed by atoms with E-state index in [2.05, 4.69) is 21.3 Å². The molecular weight excluding hydrogens is 450 g/mol. The quantitative estimate of drug-likeness (QED) is 0.387. The maximum absolute atomic E-state index is 14.7. The van der Waals surface area contributed by atoms with Crippen LogP contribution >= 0.6 is 11.6 Å². The molecule has 4 heterocycles. The fraction of sp³-hybridized carbons (Fsp3) is 0.391. The van der Waals surface area contributed by atoms with Gasteiger partial charge in [0, 0.05) is 43.0 Å². The van der Waals surface area contributed by atoms with Gasteiger partial charge in [-0.05, 0) is 49.4 Å². The Morgan fingerprint density at radius 2 is 1.97 bits per heavy atom. The number of halogens is 3. The highest BCUT2D eigenvalue weighted by Crippen LogP contribution is 2.40. The van der Waals surface area contributed by atoms with Gasteiger partial charge in [0.05, 0.1) is 18.3 Å². The highest BCUT2D eigenvalue weighted by molar-refractivity contribution is 6.29. The van der Waals surface area contributed by atoms with Crippen LogP contribution in [-0.4, -0.2) is 35.9 Å². The van der Waals surface area contributed by atoms with Crippen molar-refractivity contribution in [3.63, 3.8) is 0 Å². The molecule has 0 N–H and O–H groups in total. The van der Waals surface area contributed by atoms with E-state index in [1.807, 2.05) is 10.9 Å². The molecule has 2 fully saturated rings. The van der Waals surface area contributed by atoms with E-state index in [9.17, 15) is 8.78 Å². The number of aromatic nitrogens is 6. The molecule has 2 aliphatic rings. The maximum atomic E-state index is 14.7. The number of hydrogen-bond donors (Lipinski definition) is 0. The van der Waals surface area contributed by atoms with Crippen molar-refractivity contribution in [2.75, 3.05) is 6.61 Å². The Balaban J connectivity index is 1.40. The maximum Gasteiger partial charge on any atom is 0.205 e. The van der Waals surface area contributed by atoms with Gasteiger partial charge in [0.15, 0.2) is 5.65 Å². The van der Waals surface area contributed by atoms with Crippen LogP contribution < -0.4 is 0 Å². The van der Waals surface area contributed by atoms with Crippen molar-refractivity contribution in [3.05, 3.63) is 58.9 Å². The zero-order valence-electron chi connectivity index (χ0n) is 17.9. The average Bonchev–Trinajstić information content (AvgIpc) is 3.46. The summed E-state index contributed by atoms with van der Waals surface area (Å²) >= 11 is 6.25. The van der Waals surface area contributed by atoms with Gasteiger partial charge in [0.25, 0.3) is 0 Å². The summed E-state index contributed by atoms with van der Waals surface area (Å²) in [6, 6.07) is 3.96. The number of aryl methyl sites for hydroxylation is 1. The number of imidazole rings is 1. The third-order valence-corrected chi connectivity index (χ3v) is 6.78. The molecule has 0 radical (unpaired) electrons. The second-order valence-electron chi connectivity index (χ2n) is 8.73. The third-order valence-electron chi connectivity index (χ3n) is 6.44. The third kappa shape index (κ3) is 3.69. The van der Waals surface area contributed by atoms with Gasteiger partial charge in [-0.3, -0.25) is 4.68 Å². The minimum atomic E-state index is -0.699. The van der Waals surface area contributed by atoms with E-state index in [-0.39, 0.29) is 22.9 Å². The highest BCUT2D eigenvalue weighted by atomic mass is 35.5. The number of hydrogen-bond acceptors (Lipinski definition) is 5. The molecule has 1 aliphatic heterocycles. The molecule has 170 valence electrons. The zero-order valence-corrected chi connectivity index (χ0v) is 18.6. The molecule has 6 rings (SSSR count). The van der Waals surface area contributed by atoms with E-state index < -0.39 is 11.6 Å². The Bertz CT molecular complexity index is 1360. The lowest BCUT2D eigenvalue weighted by atomic mass is 9.92. The number of nitrogens with zero attached hydrogens (tertiary/aromatic N) is 6. The molecule has 0 bridgehead atoms. The molecule has 4 aromatic rings. The largest absolute Gasteiger partial charge is 0.373 e. The van der Waals surface area contributed by atoms with Gasteiger partial charge in [-0.15, -0.1) is 0 Å². The van der Waals surface area contributed by atoms with E-state index in [0.717, 1.165) is 18.1 Å². The van der Waals surface area contributed by atoms with Crippen molar-refractivity contribution in [1.82, 2.24) is 29.3 Å². The smallest absolute Gasteiger partial charge is 0.205 e. The van der Waals surface area contributed by atoms with Crippen molar-refractivity contribution < 1.29 is 13.5 Å². The molecule has 3 aromatic heterocycles. The van der Waals surface area contributed by atoms with Crippen LogP contribution in [0, 0.1) is 11.6 Å². The van der Waals surface area contributed by atoms with Gasteiger partial charge in [0.1, 0.15) is 28.7 Å². The number of benzene rings is 1. The van der Waals surface area contributed by atoms with Gasteiger partial charge < -0.3 is 9.30 Å². The van der Waals surface area contributed by atoms with Crippen LogP contribution in [0.2, 0.25) is 5.28 Å². The summed E-state index contributed by atoms with van der Waals surface area (Å²) in [5, 5.41) is 4.70. The first-order valence-electron chi connectivity index (χ1n) is 11.0. The van der Waals surface area contributed by atoms with Crippen molar-refractivity contribution in [1.29, 1.82) is 0 Å². The molecule has 1 aliphatic carbocycles. The van der Waals surface area contributed by atoms with Gasteiger partial charge in [-0.25, -0.2) is 18.7 Å². The molecule has 0 amide bonds. The summed E-state index contributed by atoms with van der Waals surface area (Å²) < 4.78 is 38.0. The highest BCUT2D eigenvalue weighted by Gasteiger charge is 2.31. The van der Waals surface area contributed by atoms with Crippen molar-refractivity contribution in [2.24, 2.45) is 7.05 Å². The second kappa shape index (κ2) is 7.85. The summed E-state index contributed by atoms with van der Waals surface area (Å²) in [4.78, 5) is 13.8. The zero-order chi connectivity index (χ0) is 22.7. The summed E-state index contributed by atoms with van der Waals surface area (Å²) in [6.07, 6.45) is 7.55. The van der Waals surface area contributed by atoms with Crippen molar-refractivity contribution in [2.45, 2.75) is 43.7 Å². The predicted octanol–water partition coefficient (Wildman–Crippen LogP) is 5.13. The Morgan fingerprint density at radius 3 is 2.76 bits per heavy atom. The Kier molecular flexibility index (Phi) is 4.92. The van der Waals surface area contributed by atoms with Gasteiger partial charge in [0.2, 0.25) is 5.28 Å². The van der Waals surface area contributed by atoms with Crippen LogP contribution in [0.15, 0.2) is 30.6 Å². The molecule has 7 nitrogen and oxygen atoms in total. The minimum absolute atomic E-state index is 0.0135. The van der Waals surface area contributed by atoms with Crippen LogP contribution in [0.25, 0.3) is 22.4 Å². The Morgan fingerprint density at radius 1 is 1.12 bits per heavy atom. The first kappa shape index (κ1) is 20.7. The lowest BCUT2D eigenvalue weighted by molar-refractivity contribution is 0.00396. The van der Waals surface area contributed by atoms with Crippen LogP contribution in [0.4, 0.5) is 8.78 Å². The first-order valence-corrected chi connectivity index (χ1v) is 11.4. The molecule has 1 unspecified atom stereocenters. The van der Waals surface area contributed by atoms with Crippen LogP contribution in [-0.2, 0) is 11.8 Å². The monoisotopic (exact) mass is 470 g/mol. The van der Waals surface area contributed by atoms with Crippen molar-refractivity contribution in [3.8, 4) is 11.3 Å². The summed E-state index contributed by atoms with van der Waals surface area (Å²) in [5.74, 6) is -0.807. The fourth-order valence-electron chi connectivity index (χ4n) is 4.47. The van der Waals surface area contributed by atoms with Crippen LogP contribution in [0.1, 0.15) is 55.1 Å². The minimum Gasteiger partial charge on any atom is -0.373 e. The summed E-state index contributed by atoms with van der Waals surface area (Å²) in [5.41, 5.74) is 2.45. The van der Waals surface area contributed by atoms with Crippen molar-refractivity contribution >= 4 is 22.8 Å². The molecule has 2 atom stereocenters. The standard InChI is InChI=1S/C23H21ClF2N6O/c1-31-20-19(16-5-2-14(25)9-17(16)26)28-21(29-22(20)30-23(31)24)12-6-7-33-18(8-12)13-10-27-32(11-13)15-3-4-15/h2,5,9-12,15,18H,3-4,6-8H2,1H3/t12?,18-/m1/s1. The number of rotatable bonds is 4. The second-order valence-corrected chi connectivity index (χ2v) is 9.07. The molecule has 33 heavy (non-hydrogen) atoms. The summed E-state index contributed by atoms with van der Waals surface area (Å²) in [7, 11) is 1.72. The predicted molar refractivity (Wildman–Crippen MR) is 118 cm³/mol. The van der Waals surface area contributed by atoms with E-state index in [1.54, 1.807) is 11.6 Å². The van der Waals surface area contributed by atoms with E-state index in [1.165, 1.54) is 25.0 Å². The molecule has 0 spiro atoms. The lowest BCUT2D eigenvalue weighted by Crippen LogP contribution is -2.20. The average molecular weight is 471 g/mol. The first-order chi connectivity index (χ1) is 16.0. The van der Waals surface area contributed by atoms with E-state index in [4.69, 9.17) is 21.3 Å². The van der Waals surface area contributed by atoms with Crippen LogP contribution in [0.5, 0.6) is 0 Å². The SMILES string of the molecule is Cn1c(Cl)nc2nc(C3CCO[C@@H](c4cnn(C5CC5)c4)C3)nc(-c3ccc(F)cc3F)c21. The van der Waals surface area contributed by atoms with Gasteiger partial charge >= 0.3 is 0 Å². The molecule has 10 heteroatoms. The number of ether oxygens (including phenoxy) is 1. The fourth-order valence-corrected chi connectivity index (χ4v) is 4.64. The molecule has 1 aromatic carbocycles. The molecule has 1 saturated heterocycles. The van der Waals surface area contributed by atoms with Gasteiger partial charge in [-0.2, -0.15) is 10.1 Å². The topological polar surface area (TPSA) is 70.7 Å². The Labute approximate surface area is 193 Å². The van der Waals surface area contributed by atoms with E-state index in [0.29, 0.717) is 41.8 Å². The lowest BCUT2D eigenvalue weighted by Gasteiger charge is -2.28. The van der Waals surface area contributed by atoms with Gasteiger partial charge in [-0.1, -0.05) is 0 Å². The van der Waals surface area contributed by atoms with Crippen LogP contribution in [0.3, 0.4) is 0 Å². The molecular formula is C23H21ClF2N6O.